The smallest absolute Gasteiger partial charge is 0.248 e. The lowest BCUT2D eigenvalue weighted by Gasteiger charge is -1.98. The second-order valence-electron chi connectivity index (χ2n) is 3.99. The van der Waals surface area contributed by atoms with Crippen LogP contribution in [0.25, 0.3) is 12.4 Å². The maximum absolute atomic E-state index is 9.22. The van der Waals surface area contributed by atoms with E-state index in [1.807, 2.05) is 69.8 Å². The Bertz CT molecular complexity index is 650. The predicted octanol–water partition coefficient (Wildman–Crippen LogP) is -3.08. The molecule has 0 aromatic carbocycles. The van der Waals surface area contributed by atoms with Crippen LogP contribution in [0.2, 0.25) is 0 Å². The van der Waals surface area contributed by atoms with Crippen molar-refractivity contribution >= 4 is 22.8 Å². The van der Waals surface area contributed by atoms with Crippen LogP contribution < -0.4 is 21.5 Å². The second kappa shape index (κ2) is 11.6. The summed E-state index contributed by atoms with van der Waals surface area (Å²) in [6.45, 7) is 7.19. The van der Waals surface area contributed by atoms with Crippen LogP contribution in [0.4, 0.5) is 0 Å². The zero-order chi connectivity index (χ0) is 17.2. The standard InChI is InChI=1S/2C6H9N2.CH4O4S.ClH/c2*1-3-8-5-4-7(2)6-8;1-5-6(2,3)4;/h2*3-6H,1H2,2H3;1H3,(H,2,3,4);1H/q2*+1;;/p-2. The number of hydrogen-bond donors (Lipinski definition) is 0. The number of nitrogens with zero attached hydrogens (tertiary/aromatic N) is 4. The molecule has 0 aliphatic rings. The molecule has 0 spiro atoms. The van der Waals surface area contributed by atoms with Gasteiger partial charge >= 0.3 is 0 Å². The highest BCUT2D eigenvalue weighted by Crippen LogP contribution is 1.80. The van der Waals surface area contributed by atoms with Gasteiger partial charge in [-0.25, -0.2) is 26.7 Å². The molecule has 0 N–H and O–H groups in total. The van der Waals surface area contributed by atoms with Crippen molar-refractivity contribution in [1.29, 1.82) is 0 Å². The lowest BCUT2D eigenvalue weighted by molar-refractivity contribution is -0.670. The summed E-state index contributed by atoms with van der Waals surface area (Å²) in [4.78, 5) is 0. The highest BCUT2D eigenvalue weighted by molar-refractivity contribution is 7.80. The summed E-state index contributed by atoms with van der Waals surface area (Å²) in [6.07, 6.45) is 15.2. The van der Waals surface area contributed by atoms with Crippen LogP contribution in [-0.2, 0) is 28.7 Å². The van der Waals surface area contributed by atoms with E-state index in [0.29, 0.717) is 0 Å². The molecule has 0 amide bonds. The van der Waals surface area contributed by atoms with Gasteiger partial charge in [-0.2, -0.15) is 0 Å². The van der Waals surface area contributed by atoms with Crippen molar-refractivity contribution < 1.29 is 38.7 Å². The fourth-order valence-electron chi connectivity index (χ4n) is 1.15. The molecule has 2 aromatic rings. The molecular formula is C13H21ClN4O4S. The van der Waals surface area contributed by atoms with Gasteiger partial charge in [0, 0.05) is 0 Å². The third kappa shape index (κ3) is 12.3. The molecular weight excluding hydrogens is 344 g/mol. The Labute approximate surface area is 142 Å². The van der Waals surface area contributed by atoms with Crippen LogP contribution in [0.15, 0.2) is 50.6 Å². The van der Waals surface area contributed by atoms with Gasteiger partial charge in [0.15, 0.2) is 0 Å². The summed E-state index contributed by atoms with van der Waals surface area (Å²) >= 11 is 0. The SMILES string of the molecule is C=Cn1cc[n+](C)c1.C=Cn1cc[n+](C)c1.COS(=O)(=O)[O-].[Cl-]. The van der Waals surface area contributed by atoms with Crippen LogP contribution in [0.1, 0.15) is 0 Å². The molecule has 8 nitrogen and oxygen atoms in total. The number of imidazole rings is 2. The van der Waals surface area contributed by atoms with E-state index >= 15 is 0 Å². The minimum Gasteiger partial charge on any atom is -1.00 e. The lowest BCUT2D eigenvalue weighted by Crippen LogP contribution is -3.00. The molecule has 0 saturated carbocycles. The first-order valence-electron chi connectivity index (χ1n) is 6.03. The van der Waals surface area contributed by atoms with E-state index in [2.05, 4.69) is 17.3 Å². The number of hydrogen-bond acceptors (Lipinski definition) is 4. The number of rotatable bonds is 3. The van der Waals surface area contributed by atoms with Crippen molar-refractivity contribution in [3.05, 3.63) is 50.6 Å². The van der Waals surface area contributed by atoms with Crippen LogP contribution in [-0.4, -0.2) is 29.2 Å². The van der Waals surface area contributed by atoms with Crippen molar-refractivity contribution in [3.63, 3.8) is 0 Å². The van der Waals surface area contributed by atoms with Gasteiger partial charge in [0.05, 0.1) is 33.6 Å². The van der Waals surface area contributed by atoms with E-state index in [0.717, 1.165) is 7.11 Å². The van der Waals surface area contributed by atoms with Crippen molar-refractivity contribution in [2.24, 2.45) is 14.1 Å². The van der Waals surface area contributed by atoms with Crippen LogP contribution in [0.5, 0.6) is 0 Å². The molecule has 2 heterocycles. The van der Waals surface area contributed by atoms with Crippen molar-refractivity contribution in [2.75, 3.05) is 7.11 Å². The molecule has 0 saturated heterocycles. The summed E-state index contributed by atoms with van der Waals surface area (Å²) in [5.74, 6) is 0. The molecule has 0 bridgehead atoms. The van der Waals surface area contributed by atoms with Gasteiger partial charge in [0.2, 0.25) is 23.1 Å². The van der Waals surface area contributed by atoms with E-state index in [4.69, 9.17) is 0 Å². The van der Waals surface area contributed by atoms with E-state index in [1.165, 1.54) is 0 Å². The van der Waals surface area contributed by atoms with Crippen LogP contribution >= 0.6 is 0 Å². The van der Waals surface area contributed by atoms with Gasteiger partial charge in [-0.1, -0.05) is 13.2 Å². The van der Waals surface area contributed by atoms with Crippen molar-refractivity contribution in [1.82, 2.24) is 9.13 Å². The molecule has 0 atom stereocenters. The summed E-state index contributed by atoms with van der Waals surface area (Å²) in [5.41, 5.74) is 0. The Kier molecular flexibility index (Phi) is 11.8. The fraction of sp³-hybridized carbons (Fsp3) is 0.231. The van der Waals surface area contributed by atoms with Crippen LogP contribution in [0.3, 0.4) is 0 Å². The van der Waals surface area contributed by atoms with E-state index < -0.39 is 10.4 Å². The molecule has 0 aliphatic carbocycles. The normalized spacial score (nSPS) is 9.39. The van der Waals surface area contributed by atoms with Gasteiger partial charge in [-0.3, -0.25) is 4.18 Å². The zero-order valence-corrected chi connectivity index (χ0v) is 14.8. The molecule has 0 fully saturated rings. The minimum atomic E-state index is -4.41. The maximum atomic E-state index is 9.22. The molecule has 0 unspecified atom stereocenters. The summed E-state index contributed by atoms with van der Waals surface area (Å²) in [5, 5.41) is 0. The lowest BCUT2D eigenvalue weighted by atomic mass is 10.8. The maximum Gasteiger partial charge on any atom is 0.248 e. The van der Waals surface area contributed by atoms with E-state index in [9.17, 15) is 13.0 Å². The largest absolute Gasteiger partial charge is 1.00 e. The average molecular weight is 365 g/mol. The summed E-state index contributed by atoms with van der Waals surface area (Å²) in [6, 6.07) is 0. The summed E-state index contributed by atoms with van der Waals surface area (Å²) < 4.78 is 38.7. The topological polar surface area (TPSA) is 84.0 Å². The predicted molar refractivity (Wildman–Crippen MR) is 80.7 cm³/mol. The van der Waals surface area contributed by atoms with Crippen molar-refractivity contribution in [2.45, 2.75) is 0 Å². The Morgan fingerprint density at radius 2 is 1.35 bits per heavy atom. The van der Waals surface area contributed by atoms with Gasteiger partial charge in [-0.15, -0.1) is 0 Å². The first-order chi connectivity index (χ1) is 10.2. The molecule has 130 valence electrons. The molecule has 2 rings (SSSR count). The van der Waals surface area contributed by atoms with Crippen molar-refractivity contribution in [3.8, 4) is 0 Å². The Hall–Kier alpha value is -1.94. The van der Waals surface area contributed by atoms with Gasteiger partial charge in [0.1, 0.15) is 24.8 Å². The Morgan fingerprint density at radius 1 is 1.04 bits per heavy atom. The molecule has 0 aliphatic heterocycles. The highest BCUT2D eigenvalue weighted by Gasteiger charge is 1.90. The molecule has 0 radical (unpaired) electrons. The third-order valence-electron chi connectivity index (χ3n) is 2.20. The van der Waals surface area contributed by atoms with E-state index in [-0.39, 0.29) is 12.4 Å². The van der Waals surface area contributed by atoms with Crippen LogP contribution in [0, 0.1) is 0 Å². The molecule has 23 heavy (non-hydrogen) atoms. The third-order valence-corrected chi connectivity index (χ3v) is 2.61. The average Bonchev–Trinajstić information content (AvgIpc) is 3.07. The molecule has 2 aromatic heterocycles. The second-order valence-corrected chi connectivity index (χ2v) is 5.14. The first kappa shape index (κ1) is 23.3. The Balaban J connectivity index is 0. The number of halogens is 1. The first-order valence-corrected chi connectivity index (χ1v) is 7.37. The fourth-order valence-corrected chi connectivity index (χ4v) is 1.15. The minimum absolute atomic E-state index is 0. The van der Waals surface area contributed by atoms with Gasteiger partial charge in [0.25, 0.3) is 0 Å². The van der Waals surface area contributed by atoms with Gasteiger partial charge < -0.3 is 17.0 Å². The highest BCUT2D eigenvalue weighted by atomic mass is 35.5. The van der Waals surface area contributed by atoms with Gasteiger partial charge in [-0.05, 0) is 0 Å². The monoisotopic (exact) mass is 364 g/mol. The zero-order valence-electron chi connectivity index (χ0n) is 13.2. The number of aryl methyl sites for hydroxylation is 2. The molecule has 10 heteroatoms. The van der Waals surface area contributed by atoms with E-state index in [1.54, 1.807) is 12.4 Å². The Morgan fingerprint density at radius 3 is 1.43 bits per heavy atom. The number of aromatic nitrogens is 4. The summed E-state index contributed by atoms with van der Waals surface area (Å²) in [7, 11) is 0.340. The quantitative estimate of drug-likeness (QED) is 0.328.